The summed E-state index contributed by atoms with van der Waals surface area (Å²) in [6, 6.07) is 0. The first kappa shape index (κ1) is 15.9. The number of sulfonamides is 1. The van der Waals surface area contributed by atoms with Crippen LogP contribution in [0.4, 0.5) is 0 Å². The van der Waals surface area contributed by atoms with Crippen LogP contribution >= 0.6 is 0 Å². The van der Waals surface area contributed by atoms with E-state index in [4.69, 9.17) is 0 Å². The molecule has 0 saturated heterocycles. The van der Waals surface area contributed by atoms with Crippen LogP contribution in [0.15, 0.2) is 0 Å². The molecule has 0 aromatic rings. The van der Waals surface area contributed by atoms with Crippen molar-refractivity contribution in [3.63, 3.8) is 0 Å². The second-order valence-corrected chi connectivity index (χ2v) is 8.34. The maximum atomic E-state index is 12.1. The first-order chi connectivity index (χ1) is 8.04. The molecule has 0 amide bonds. The second kappa shape index (κ2) is 5.47. The Morgan fingerprint density at radius 2 is 1.61 bits per heavy atom. The van der Waals surface area contributed by atoms with Gasteiger partial charge < -0.3 is 5.11 Å². The van der Waals surface area contributed by atoms with Crippen LogP contribution in [0.2, 0.25) is 0 Å². The summed E-state index contributed by atoms with van der Waals surface area (Å²) in [7, 11) is -3.33. The van der Waals surface area contributed by atoms with E-state index in [9.17, 15) is 13.5 Å². The van der Waals surface area contributed by atoms with Crippen LogP contribution < -0.4 is 4.72 Å². The van der Waals surface area contributed by atoms with Gasteiger partial charge in [-0.3, -0.25) is 0 Å². The minimum absolute atomic E-state index is 0.187. The quantitative estimate of drug-likeness (QED) is 0.808. The third-order valence-electron chi connectivity index (χ3n) is 4.12. The lowest BCUT2D eigenvalue weighted by Crippen LogP contribution is -2.58. The minimum atomic E-state index is -3.33. The molecule has 4 nitrogen and oxygen atoms in total. The van der Waals surface area contributed by atoms with Crippen molar-refractivity contribution in [2.24, 2.45) is 5.92 Å². The maximum Gasteiger partial charge on any atom is 0.212 e. The first-order valence-electron chi connectivity index (χ1n) is 6.77. The van der Waals surface area contributed by atoms with Gasteiger partial charge in [0.05, 0.1) is 16.9 Å². The van der Waals surface area contributed by atoms with Crippen LogP contribution in [-0.2, 0) is 10.0 Å². The average molecular weight is 277 g/mol. The molecule has 0 aromatic carbocycles. The van der Waals surface area contributed by atoms with Gasteiger partial charge in [0.15, 0.2) is 0 Å². The highest BCUT2D eigenvalue weighted by molar-refractivity contribution is 7.89. The topological polar surface area (TPSA) is 66.4 Å². The Hall–Kier alpha value is -0.130. The molecular weight excluding hydrogens is 250 g/mol. The van der Waals surface area contributed by atoms with E-state index < -0.39 is 21.2 Å². The summed E-state index contributed by atoms with van der Waals surface area (Å²) in [4.78, 5) is 0. The van der Waals surface area contributed by atoms with Crippen LogP contribution in [0.1, 0.15) is 59.8 Å². The molecule has 18 heavy (non-hydrogen) atoms. The maximum absolute atomic E-state index is 12.1. The van der Waals surface area contributed by atoms with E-state index >= 15 is 0 Å². The summed E-state index contributed by atoms with van der Waals surface area (Å²) in [6.07, 6.45) is 5.50. The summed E-state index contributed by atoms with van der Waals surface area (Å²) in [6.45, 7) is 6.67. The summed E-state index contributed by atoms with van der Waals surface area (Å²) in [5, 5.41) is 9.99. The number of aliphatic hydroxyl groups is 1. The molecular formula is C13H27NO3S. The van der Waals surface area contributed by atoms with Crippen molar-refractivity contribution in [1.29, 1.82) is 0 Å². The van der Waals surface area contributed by atoms with E-state index in [1.807, 2.05) is 0 Å². The van der Waals surface area contributed by atoms with Crippen molar-refractivity contribution in [3.05, 3.63) is 0 Å². The fourth-order valence-electron chi connectivity index (χ4n) is 2.22. The van der Waals surface area contributed by atoms with Gasteiger partial charge in [-0.2, -0.15) is 0 Å². The van der Waals surface area contributed by atoms with Crippen molar-refractivity contribution >= 4 is 10.0 Å². The summed E-state index contributed by atoms with van der Waals surface area (Å²) < 4.78 is 26.9. The molecule has 0 aliphatic heterocycles. The molecule has 0 heterocycles. The van der Waals surface area contributed by atoms with Gasteiger partial charge in [-0.1, -0.05) is 19.3 Å². The summed E-state index contributed by atoms with van der Waals surface area (Å²) >= 11 is 0. The van der Waals surface area contributed by atoms with Crippen molar-refractivity contribution < 1.29 is 13.5 Å². The van der Waals surface area contributed by atoms with E-state index in [1.165, 1.54) is 6.42 Å². The van der Waals surface area contributed by atoms with E-state index in [-0.39, 0.29) is 11.7 Å². The monoisotopic (exact) mass is 277 g/mol. The van der Waals surface area contributed by atoms with Crippen LogP contribution in [0.5, 0.6) is 0 Å². The molecule has 1 saturated carbocycles. The van der Waals surface area contributed by atoms with Gasteiger partial charge in [-0.05, 0) is 46.5 Å². The summed E-state index contributed by atoms with van der Waals surface area (Å²) in [5.41, 5.74) is -1.95. The Balaban J connectivity index is 2.64. The Kier molecular flexibility index (Phi) is 4.84. The smallest absolute Gasteiger partial charge is 0.212 e. The zero-order chi connectivity index (χ0) is 14.0. The summed E-state index contributed by atoms with van der Waals surface area (Å²) in [5.74, 6) is 0.459. The van der Waals surface area contributed by atoms with Crippen LogP contribution in [0, 0.1) is 5.92 Å². The van der Waals surface area contributed by atoms with E-state index in [1.54, 1.807) is 27.7 Å². The fraction of sp³-hybridized carbons (Fsp3) is 1.00. The Bertz CT molecular complexity index is 362. The predicted octanol–water partition coefficient (Wildman–Crippen LogP) is 2.04. The number of hydrogen-bond acceptors (Lipinski definition) is 3. The molecule has 0 bridgehead atoms. The van der Waals surface area contributed by atoms with Gasteiger partial charge in [0, 0.05) is 0 Å². The minimum Gasteiger partial charge on any atom is -0.389 e. The van der Waals surface area contributed by atoms with Gasteiger partial charge in [0.25, 0.3) is 0 Å². The zero-order valence-corrected chi connectivity index (χ0v) is 12.8. The second-order valence-electron chi connectivity index (χ2n) is 6.57. The molecule has 0 radical (unpaired) electrons. The molecule has 0 atom stereocenters. The molecule has 1 rings (SSSR count). The Labute approximate surface area is 111 Å². The molecule has 2 N–H and O–H groups in total. The van der Waals surface area contributed by atoms with E-state index in [0.717, 1.165) is 25.7 Å². The molecule has 0 aromatic heterocycles. The Morgan fingerprint density at radius 1 is 1.11 bits per heavy atom. The lowest BCUT2D eigenvalue weighted by molar-refractivity contribution is 0.00633. The highest BCUT2D eigenvalue weighted by Crippen LogP contribution is 2.26. The van der Waals surface area contributed by atoms with Gasteiger partial charge in [0.1, 0.15) is 0 Å². The molecule has 108 valence electrons. The lowest BCUT2D eigenvalue weighted by Gasteiger charge is -2.38. The third kappa shape index (κ3) is 4.52. The standard InChI is InChI=1S/C13H27NO3S/c1-12(2,13(3,4)15)14-18(16,17)10-11-8-6-5-7-9-11/h11,14-15H,5-10H2,1-4H3. The number of nitrogens with one attached hydrogen (secondary N) is 1. The number of hydrogen-bond donors (Lipinski definition) is 2. The predicted molar refractivity (Wildman–Crippen MR) is 73.9 cm³/mol. The molecule has 5 heteroatoms. The van der Waals surface area contributed by atoms with Gasteiger partial charge in [-0.15, -0.1) is 0 Å². The third-order valence-corrected chi connectivity index (χ3v) is 5.85. The highest BCUT2D eigenvalue weighted by atomic mass is 32.2. The molecule has 0 spiro atoms. The first-order valence-corrected chi connectivity index (χ1v) is 8.43. The molecule has 1 fully saturated rings. The van der Waals surface area contributed by atoms with Gasteiger partial charge in [-0.25, -0.2) is 13.1 Å². The largest absolute Gasteiger partial charge is 0.389 e. The van der Waals surface area contributed by atoms with Crippen molar-refractivity contribution in [1.82, 2.24) is 4.72 Å². The average Bonchev–Trinajstić information content (AvgIpc) is 2.14. The van der Waals surface area contributed by atoms with Crippen molar-refractivity contribution in [3.8, 4) is 0 Å². The van der Waals surface area contributed by atoms with Crippen LogP contribution in [0.25, 0.3) is 0 Å². The van der Waals surface area contributed by atoms with Gasteiger partial charge in [0.2, 0.25) is 10.0 Å². The Morgan fingerprint density at radius 3 is 2.06 bits per heavy atom. The molecule has 0 unspecified atom stereocenters. The highest BCUT2D eigenvalue weighted by Gasteiger charge is 2.38. The van der Waals surface area contributed by atoms with Crippen LogP contribution in [-0.4, -0.2) is 30.4 Å². The zero-order valence-electron chi connectivity index (χ0n) is 12.0. The van der Waals surface area contributed by atoms with E-state index in [2.05, 4.69) is 4.72 Å². The lowest BCUT2D eigenvalue weighted by atomic mass is 9.87. The van der Waals surface area contributed by atoms with E-state index in [0.29, 0.717) is 0 Å². The number of rotatable bonds is 5. The normalized spacial score (nSPS) is 20.1. The SMILES string of the molecule is CC(C)(O)C(C)(C)NS(=O)(=O)CC1CCCCC1. The van der Waals surface area contributed by atoms with Crippen LogP contribution in [0.3, 0.4) is 0 Å². The molecule has 1 aliphatic carbocycles. The van der Waals surface area contributed by atoms with Crippen molar-refractivity contribution in [2.75, 3.05) is 5.75 Å². The van der Waals surface area contributed by atoms with Crippen molar-refractivity contribution in [2.45, 2.75) is 70.9 Å². The fourth-order valence-corrected chi connectivity index (χ4v) is 4.28. The van der Waals surface area contributed by atoms with Gasteiger partial charge >= 0.3 is 0 Å². The molecule has 1 aliphatic rings.